The monoisotopic (exact) mass is 609 g/mol. The van der Waals surface area contributed by atoms with Gasteiger partial charge < -0.3 is 20.5 Å². The van der Waals surface area contributed by atoms with E-state index in [0.29, 0.717) is 39.2 Å². The molecule has 4 aromatic rings. The molecule has 1 atom stereocenters. The first-order valence-corrected chi connectivity index (χ1v) is 14.4. The van der Waals surface area contributed by atoms with Gasteiger partial charge >= 0.3 is 6.18 Å². The molecule has 3 aromatic heterocycles. The first-order valence-electron chi connectivity index (χ1n) is 13.5. The van der Waals surface area contributed by atoms with Crippen molar-refractivity contribution in [1.29, 1.82) is 0 Å². The number of carbonyl (C=O) groups is 1. The van der Waals surface area contributed by atoms with Crippen LogP contribution in [0.25, 0.3) is 20.8 Å². The van der Waals surface area contributed by atoms with Crippen LogP contribution in [0.5, 0.6) is 0 Å². The highest BCUT2D eigenvalue weighted by Crippen LogP contribution is 2.43. The SMILES string of the molecule is CC(C)(C)n1cc(C=O)cn1.CNCc1nc(-c2sc3c(NCC4(F)CCCNC4)cccc3c2CC(F)(F)F)no1. The number of piperidine rings is 1. The van der Waals surface area contributed by atoms with Gasteiger partial charge in [-0.3, -0.25) is 9.48 Å². The van der Waals surface area contributed by atoms with Crippen LogP contribution in [0, 0.1) is 0 Å². The lowest BCUT2D eigenvalue weighted by Crippen LogP contribution is -2.46. The molecule has 0 radical (unpaired) electrons. The van der Waals surface area contributed by atoms with Crippen molar-refractivity contribution in [2.24, 2.45) is 0 Å². The van der Waals surface area contributed by atoms with Crippen LogP contribution in [0.3, 0.4) is 0 Å². The second-order valence-corrected chi connectivity index (χ2v) is 12.2. The third-order valence-electron chi connectivity index (χ3n) is 6.64. The number of thiophene rings is 1. The van der Waals surface area contributed by atoms with Gasteiger partial charge in [0, 0.05) is 12.7 Å². The van der Waals surface area contributed by atoms with Gasteiger partial charge in [0.15, 0.2) is 6.29 Å². The average Bonchev–Trinajstić information content (AvgIpc) is 3.67. The second-order valence-electron chi connectivity index (χ2n) is 11.2. The number of carbonyl (C=O) groups excluding carboxylic acids is 1. The van der Waals surface area contributed by atoms with Crippen LogP contribution in [0.15, 0.2) is 35.1 Å². The van der Waals surface area contributed by atoms with Crippen molar-refractivity contribution in [1.82, 2.24) is 30.6 Å². The average molecular weight is 610 g/mol. The van der Waals surface area contributed by atoms with E-state index in [1.807, 2.05) is 20.8 Å². The number of benzene rings is 1. The Morgan fingerprint density at radius 2 is 2.05 bits per heavy atom. The Bertz CT molecular complexity index is 1480. The Labute approximate surface area is 245 Å². The molecule has 3 N–H and O–H groups in total. The third-order valence-corrected chi connectivity index (χ3v) is 7.91. The van der Waals surface area contributed by atoms with Gasteiger partial charge in [-0.2, -0.15) is 23.3 Å². The summed E-state index contributed by atoms with van der Waals surface area (Å²) in [5.74, 6) is 0.408. The van der Waals surface area contributed by atoms with Crippen molar-refractivity contribution in [3.8, 4) is 10.7 Å². The summed E-state index contributed by atoms with van der Waals surface area (Å²) in [4.78, 5) is 14.8. The van der Waals surface area contributed by atoms with Gasteiger partial charge in [-0.05, 0) is 64.2 Å². The lowest BCUT2D eigenvalue weighted by Gasteiger charge is -2.30. The number of halogens is 4. The van der Waals surface area contributed by atoms with Crippen molar-refractivity contribution in [3.05, 3.63) is 47.6 Å². The van der Waals surface area contributed by atoms with Crippen LogP contribution in [-0.2, 0) is 18.5 Å². The summed E-state index contributed by atoms with van der Waals surface area (Å²) in [5.41, 5.74) is -0.118. The number of rotatable bonds is 8. The maximum absolute atomic E-state index is 15.0. The van der Waals surface area contributed by atoms with Crippen LogP contribution in [0.4, 0.5) is 23.2 Å². The maximum atomic E-state index is 15.0. The fraction of sp³-hybridized carbons (Fsp3) is 0.500. The summed E-state index contributed by atoms with van der Waals surface area (Å²) >= 11 is 1.16. The summed E-state index contributed by atoms with van der Waals surface area (Å²) in [6.07, 6.45) is -0.219. The van der Waals surface area contributed by atoms with E-state index >= 15 is 0 Å². The molecule has 228 valence electrons. The van der Waals surface area contributed by atoms with E-state index in [9.17, 15) is 22.4 Å². The Morgan fingerprint density at radius 1 is 1.26 bits per heavy atom. The van der Waals surface area contributed by atoms with Crippen molar-refractivity contribution in [2.45, 2.75) is 64.0 Å². The predicted molar refractivity (Wildman–Crippen MR) is 155 cm³/mol. The molecule has 0 aliphatic carbocycles. The Hall–Kier alpha value is -3.36. The van der Waals surface area contributed by atoms with Crippen molar-refractivity contribution >= 4 is 33.4 Å². The molecule has 1 unspecified atom stereocenters. The van der Waals surface area contributed by atoms with E-state index in [4.69, 9.17) is 4.52 Å². The number of alkyl halides is 4. The minimum Gasteiger partial charge on any atom is -0.381 e. The van der Waals surface area contributed by atoms with Crippen molar-refractivity contribution in [3.63, 3.8) is 0 Å². The second kappa shape index (κ2) is 12.9. The van der Waals surface area contributed by atoms with E-state index in [1.54, 1.807) is 42.3 Å². The molecule has 0 spiro atoms. The minimum atomic E-state index is -4.40. The quantitative estimate of drug-likeness (QED) is 0.172. The number of nitrogens with zero attached hydrogens (tertiary/aromatic N) is 4. The number of aldehydes is 1. The topological polar surface area (TPSA) is 110 Å². The highest BCUT2D eigenvalue weighted by Gasteiger charge is 2.34. The molecule has 1 aliphatic heterocycles. The summed E-state index contributed by atoms with van der Waals surface area (Å²) in [6, 6.07) is 5.07. The molecular formula is C28H35F4N7O2S. The minimum absolute atomic E-state index is 0.0404. The van der Waals surface area contributed by atoms with E-state index < -0.39 is 18.3 Å². The Balaban J connectivity index is 0.000000310. The number of hydrogen-bond donors (Lipinski definition) is 3. The molecule has 42 heavy (non-hydrogen) atoms. The van der Waals surface area contributed by atoms with Gasteiger partial charge in [-0.25, -0.2) is 4.39 Å². The molecule has 1 saturated heterocycles. The fourth-order valence-corrected chi connectivity index (χ4v) is 5.77. The standard InChI is InChI=1S/C20H23F4N5OS.C8H12N2O/c1-25-9-15-28-18(29-30-15)17-13(8-20(22,23)24)12-4-2-5-14(16(12)31-17)27-11-19(21)6-3-7-26-10-19;1-8(2,3)10-5-7(6-11)4-9-10/h2,4-5,25-27H,3,6-11H2,1H3;4-6H,1-3H3. The number of aromatic nitrogens is 4. The van der Waals surface area contributed by atoms with Gasteiger partial charge in [0.05, 0.1) is 52.1 Å². The van der Waals surface area contributed by atoms with Crippen LogP contribution in [-0.4, -0.2) is 64.7 Å². The molecular weight excluding hydrogens is 574 g/mol. The molecule has 0 saturated carbocycles. The molecule has 9 nitrogen and oxygen atoms in total. The Kier molecular flexibility index (Phi) is 9.68. The summed E-state index contributed by atoms with van der Waals surface area (Å²) in [5, 5.41) is 17.4. The smallest absolute Gasteiger partial charge is 0.381 e. The van der Waals surface area contributed by atoms with E-state index in [-0.39, 0.29) is 35.9 Å². The lowest BCUT2D eigenvalue weighted by molar-refractivity contribution is -0.126. The molecule has 1 fully saturated rings. The first kappa shape index (κ1) is 31.6. The van der Waals surface area contributed by atoms with E-state index in [1.165, 1.54) is 0 Å². The molecule has 4 heterocycles. The molecule has 0 amide bonds. The normalized spacial score (nSPS) is 17.6. The highest BCUT2D eigenvalue weighted by atomic mass is 32.1. The summed E-state index contributed by atoms with van der Waals surface area (Å²) < 4.78 is 62.6. The molecule has 14 heteroatoms. The van der Waals surface area contributed by atoms with Gasteiger partial charge in [0.2, 0.25) is 11.7 Å². The van der Waals surface area contributed by atoms with Crippen molar-refractivity contribution in [2.75, 3.05) is 32.0 Å². The van der Waals surface area contributed by atoms with Crippen LogP contribution >= 0.6 is 11.3 Å². The number of hydrogen-bond acceptors (Lipinski definition) is 9. The number of nitrogens with one attached hydrogen (secondary N) is 3. The Morgan fingerprint density at radius 3 is 2.64 bits per heavy atom. The predicted octanol–water partition coefficient (Wildman–Crippen LogP) is 5.73. The zero-order valence-corrected chi connectivity index (χ0v) is 24.8. The van der Waals surface area contributed by atoms with Crippen molar-refractivity contribution < 1.29 is 26.9 Å². The van der Waals surface area contributed by atoms with Gasteiger partial charge in [0.1, 0.15) is 5.67 Å². The fourth-order valence-electron chi connectivity index (χ4n) is 4.54. The molecule has 1 aliphatic rings. The van der Waals surface area contributed by atoms with Crippen LogP contribution in [0.2, 0.25) is 0 Å². The van der Waals surface area contributed by atoms with Crippen LogP contribution in [0.1, 0.15) is 55.4 Å². The zero-order chi connectivity index (χ0) is 30.5. The molecule has 5 rings (SSSR count). The number of anilines is 1. The first-order chi connectivity index (χ1) is 19.8. The van der Waals surface area contributed by atoms with E-state index in [2.05, 4.69) is 31.2 Å². The summed E-state index contributed by atoms with van der Waals surface area (Å²) in [6.45, 7) is 7.54. The van der Waals surface area contributed by atoms with Gasteiger partial charge in [-0.1, -0.05) is 17.3 Å². The third kappa shape index (κ3) is 7.92. The molecule has 1 aromatic carbocycles. The number of fused-ring (bicyclic) bond motifs is 1. The highest BCUT2D eigenvalue weighted by molar-refractivity contribution is 7.23. The van der Waals surface area contributed by atoms with Gasteiger partial charge in [0.25, 0.3) is 0 Å². The summed E-state index contributed by atoms with van der Waals surface area (Å²) in [7, 11) is 1.70. The van der Waals surface area contributed by atoms with E-state index in [0.717, 1.165) is 30.6 Å². The maximum Gasteiger partial charge on any atom is 0.393 e. The van der Waals surface area contributed by atoms with Crippen LogP contribution < -0.4 is 16.0 Å². The largest absolute Gasteiger partial charge is 0.393 e. The zero-order valence-electron chi connectivity index (χ0n) is 23.9. The lowest BCUT2D eigenvalue weighted by atomic mass is 9.96. The molecule has 0 bridgehead atoms. The van der Waals surface area contributed by atoms with Gasteiger partial charge in [-0.15, -0.1) is 11.3 Å².